The van der Waals surface area contributed by atoms with Crippen LogP contribution in [0.1, 0.15) is 25.1 Å². The molecule has 0 radical (unpaired) electrons. The van der Waals surface area contributed by atoms with Crippen molar-refractivity contribution in [3.63, 3.8) is 0 Å². The van der Waals surface area contributed by atoms with Crippen molar-refractivity contribution in [3.05, 3.63) is 23.5 Å². The number of aromatic nitrogens is 1. The summed E-state index contributed by atoms with van der Waals surface area (Å²) in [5.41, 5.74) is 2.10. The number of nitrogens with one attached hydrogen (secondary N) is 1. The van der Waals surface area contributed by atoms with Crippen LogP contribution in [0.2, 0.25) is 0 Å². The number of ether oxygens (including phenoxy) is 1. The lowest BCUT2D eigenvalue weighted by atomic mass is 10.2. The average molecular weight is 208 g/mol. The van der Waals surface area contributed by atoms with E-state index in [4.69, 9.17) is 4.74 Å². The van der Waals surface area contributed by atoms with E-state index in [1.165, 1.54) is 0 Å². The number of methoxy groups -OCH3 is 1. The Morgan fingerprint density at radius 1 is 1.47 bits per heavy atom. The number of pyridine rings is 1. The van der Waals surface area contributed by atoms with Crippen LogP contribution in [0.25, 0.3) is 0 Å². The van der Waals surface area contributed by atoms with Crippen LogP contribution in [0.4, 0.5) is 0 Å². The molecule has 0 aromatic carbocycles. The maximum Gasteiger partial charge on any atom is 0.126 e. The second kappa shape index (κ2) is 5.71. The van der Waals surface area contributed by atoms with Crippen LogP contribution >= 0.6 is 0 Å². The van der Waals surface area contributed by atoms with Gasteiger partial charge in [0, 0.05) is 30.1 Å². The molecule has 0 saturated heterocycles. The Hall–Kier alpha value is -1.09. The van der Waals surface area contributed by atoms with Gasteiger partial charge in [0.1, 0.15) is 5.75 Å². The molecule has 0 bridgehead atoms. The van der Waals surface area contributed by atoms with Crippen molar-refractivity contribution >= 4 is 0 Å². The van der Waals surface area contributed by atoms with Crippen LogP contribution in [0.5, 0.6) is 5.75 Å². The fourth-order valence-electron chi connectivity index (χ4n) is 1.38. The highest BCUT2D eigenvalue weighted by Gasteiger charge is 2.03. The molecule has 0 aliphatic carbocycles. The van der Waals surface area contributed by atoms with Crippen LogP contribution in [0, 0.1) is 12.8 Å². The number of aryl methyl sites for hydroxylation is 1. The highest BCUT2D eigenvalue weighted by molar-refractivity contribution is 5.32. The molecule has 15 heavy (non-hydrogen) atoms. The zero-order valence-corrected chi connectivity index (χ0v) is 10.0. The summed E-state index contributed by atoms with van der Waals surface area (Å²) >= 11 is 0. The number of hydrogen-bond donors (Lipinski definition) is 1. The molecular formula is C12H20N2O. The molecule has 3 nitrogen and oxygen atoms in total. The highest BCUT2D eigenvalue weighted by Crippen LogP contribution is 2.17. The molecule has 1 rings (SSSR count). The van der Waals surface area contributed by atoms with Crippen LogP contribution in [-0.2, 0) is 6.54 Å². The van der Waals surface area contributed by atoms with E-state index in [-0.39, 0.29) is 0 Å². The Bertz CT molecular complexity index is 310. The monoisotopic (exact) mass is 208 g/mol. The number of nitrogens with zero attached hydrogens (tertiary/aromatic N) is 1. The number of rotatable bonds is 5. The van der Waals surface area contributed by atoms with Crippen molar-refractivity contribution in [1.29, 1.82) is 0 Å². The van der Waals surface area contributed by atoms with Gasteiger partial charge in [0.05, 0.1) is 7.11 Å². The van der Waals surface area contributed by atoms with Gasteiger partial charge >= 0.3 is 0 Å². The lowest BCUT2D eigenvalue weighted by Crippen LogP contribution is -2.19. The summed E-state index contributed by atoms with van der Waals surface area (Å²) in [4.78, 5) is 4.27. The van der Waals surface area contributed by atoms with E-state index in [0.29, 0.717) is 5.92 Å². The summed E-state index contributed by atoms with van der Waals surface area (Å²) in [6, 6.07) is 1.96. The minimum absolute atomic E-state index is 0.661. The quantitative estimate of drug-likeness (QED) is 0.805. The van der Waals surface area contributed by atoms with E-state index in [9.17, 15) is 0 Å². The average Bonchev–Trinajstić information content (AvgIpc) is 2.19. The third-order valence-corrected chi connectivity index (χ3v) is 2.17. The van der Waals surface area contributed by atoms with Gasteiger partial charge in [0.25, 0.3) is 0 Å². The molecule has 1 heterocycles. The predicted octanol–water partition coefficient (Wildman–Crippen LogP) is 2.14. The van der Waals surface area contributed by atoms with E-state index in [0.717, 1.165) is 30.1 Å². The molecule has 0 amide bonds. The first kappa shape index (κ1) is 12.0. The molecule has 84 valence electrons. The molecule has 0 unspecified atom stereocenters. The first-order chi connectivity index (χ1) is 7.13. The molecule has 1 aromatic heterocycles. The van der Waals surface area contributed by atoms with E-state index in [2.05, 4.69) is 24.1 Å². The van der Waals surface area contributed by atoms with Crippen molar-refractivity contribution in [2.24, 2.45) is 5.92 Å². The van der Waals surface area contributed by atoms with Crippen LogP contribution in [0.3, 0.4) is 0 Å². The molecular weight excluding hydrogens is 188 g/mol. The van der Waals surface area contributed by atoms with Gasteiger partial charge in [-0.1, -0.05) is 13.8 Å². The largest absolute Gasteiger partial charge is 0.496 e. The third-order valence-electron chi connectivity index (χ3n) is 2.17. The van der Waals surface area contributed by atoms with E-state index in [1.54, 1.807) is 7.11 Å². The normalized spacial score (nSPS) is 10.7. The lowest BCUT2D eigenvalue weighted by Gasteiger charge is -2.11. The molecule has 3 heteroatoms. The van der Waals surface area contributed by atoms with E-state index < -0.39 is 0 Å². The van der Waals surface area contributed by atoms with Crippen LogP contribution < -0.4 is 10.1 Å². The standard InChI is InChI=1S/C12H20N2O/c1-9(2)6-13-7-11-8-14-10(3)5-12(11)15-4/h5,8-9,13H,6-7H2,1-4H3. The molecule has 0 atom stereocenters. The van der Waals surface area contributed by atoms with Crippen molar-refractivity contribution < 1.29 is 4.74 Å². The molecule has 1 aromatic rings. The maximum atomic E-state index is 5.30. The van der Waals surface area contributed by atoms with Crippen molar-refractivity contribution in [2.75, 3.05) is 13.7 Å². The Morgan fingerprint density at radius 2 is 2.20 bits per heavy atom. The summed E-state index contributed by atoms with van der Waals surface area (Å²) in [7, 11) is 1.70. The molecule has 0 spiro atoms. The van der Waals surface area contributed by atoms with Crippen LogP contribution in [-0.4, -0.2) is 18.6 Å². The summed E-state index contributed by atoms with van der Waals surface area (Å²) in [5.74, 6) is 1.58. The second-order valence-electron chi connectivity index (χ2n) is 4.16. The Kier molecular flexibility index (Phi) is 4.56. The molecule has 0 saturated carbocycles. The molecule has 0 aliphatic heterocycles. The molecule has 1 N–H and O–H groups in total. The summed E-state index contributed by atoms with van der Waals surface area (Å²) < 4.78 is 5.30. The maximum absolute atomic E-state index is 5.30. The Balaban J connectivity index is 2.60. The third kappa shape index (κ3) is 3.88. The Morgan fingerprint density at radius 3 is 2.80 bits per heavy atom. The zero-order chi connectivity index (χ0) is 11.3. The smallest absolute Gasteiger partial charge is 0.126 e. The summed E-state index contributed by atoms with van der Waals surface area (Å²) in [5, 5.41) is 3.38. The van der Waals surface area contributed by atoms with Gasteiger partial charge in [-0.15, -0.1) is 0 Å². The van der Waals surface area contributed by atoms with Gasteiger partial charge in [-0.3, -0.25) is 4.98 Å². The predicted molar refractivity (Wildman–Crippen MR) is 62.1 cm³/mol. The summed E-state index contributed by atoms with van der Waals surface area (Å²) in [6.07, 6.45) is 1.88. The first-order valence-corrected chi connectivity index (χ1v) is 5.33. The minimum atomic E-state index is 0.661. The van der Waals surface area contributed by atoms with Gasteiger partial charge < -0.3 is 10.1 Å². The SMILES string of the molecule is COc1cc(C)ncc1CNCC(C)C. The lowest BCUT2D eigenvalue weighted by molar-refractivity contribution is 0.405. The van der Waals surface area contributed by atoms with Gasteiger partial charge in [-0.25, -0.2) is 0 Å². The van der Waals surface area contributed by atoms with Gasteiger partial charge in [0.2, 0.25) is 0 Å². The van der Waals surface area contributed by atoms with Gasteiger partial charge in [-0.05, 0) is 19.4 Å². The summed E-state index contributed by atoms with van der Waals surface area (Å²) in [6.45, 7) is 8.18. The zero-order valence-electron chi connectivity index (χ0n) is 10.0. The number of hydrogen-bond acceptors (Lipinski definition) is 3. The molecule has 0 aliphatic rings. The first-order valence-electron chi connectivity index (χ1n) is 5.33. The highest BCUT2D eigenvalue weighted by atomic mass is 16.5. The van der Waals surface area contributed by atoms with Crippen molar-refractivity contribution in [1.82, 2.24) is 10.3 Å². The second-order valence-corrected chi connectivity index (χ2v) is 4.16. The van der Waals surface area contributed by atoms with Crippen molar-refractivity contribution in [3.8, 4) is 5.75 Å². The topological polar surface area (TPSA) is 34.1 Å². The fourth-order valence-corrected chi connectivity index (χ4v) is 1.38. The fraction of sp³-hybridized carbons (Fsp3) is 0.583. The van der Waals surface area contributed by atoms with Gasteiger partial charge in [-0.2, -0.15) is 0 Å². The van der Waals surface area contributed by atoms with Crippen molar-refractivity contribution in [2.45, 2.75) is 27.3 Å². The van der Waals surface area contributed by atoms with E-state index >= 15 is 0 Å². The minimum Gasteiger partial charge on any atom is -0.496 e. The molecule has 0 fully saturated rings. The van der Waals surface area contributed by atoms with E-state index in [1.807, 2.05) is 19.2 Å². The van der Waals surface area contributed by atoms with Crippen LogP contribution in [0.15, 0.2) is 12.3 Å². The van der Waals surface area contributed by atoms with Gasteiger partial charge in [0.15, 0.2) is 0 Å². The Labute approximate surface area is 91.9 Å².